The summed E-state index contributed by atoms with van der Waals surface area (Å²) in [5, 5.41) is 12.6. The highest BCUT2D eigenvalue weighted by molar-refractivity contribution is 9.10. The van der Waals surface area contributed by atoms with E-state index in [2.05, 4.69) is 21.0 Å². The molecule has 19 heavy (non-hydrogen) atoms. The summed E-state index contributed by atoms with van der Waals surface area (Å²) in [6.45, 7) is 0. The fourth-order valence-electron chi connectivity index (χ4n) is 1.43. The second-order valence-corrected chi connectivity index (χ2v) is 4.69. The fourth-order valence-corrected chi connectivity index (χ4v) is 2.17. The second kappa shape index (κ2) is 4.87. The number of rotatable bonds is 1. The van der Waals surface area contributed by atoms with Gasteiger partial charge in [-0.05, 0) is 34.1 Å². The minimum atomic E-state index is -4.46. The van der Waals surface area contributed by atoms with Gasteiger partial charge in [-0.2, -0.15) is 23.5 Å². The molecule has 0 saturated carbocycles. The van der Waals surface area contributed by atoms with Crippen LogP contribution in [0.2, 0.25) is 5.02 Å². The molecule has 98 valence electrons. The van der Waals surface area contributed by atoms with Gasteiger partial charge in [0.05, 0.1) is 22.5 Å². The van der Waals surface area contributed by atoms with Gasteiger partial charge in [0.15, 0.2) is 0 Å². The minimum absolute atomic E-state index is 0.108. The molecule has 2 rings (SSSR count). The number of nitrogens with zero attached hydrogens (tertiary/aromatic N) is 3. The number of aromatic nitrogens is 2. The van der Waals surface area contributed by atoms with E-state index in [9.17, 15) is 13.2 Å². The molecule has 0 saturated heterocycles. The minimum Gasteiger partial charge on any atom is -0.224 e. The number of benzene rings is 1. The molecule has 0 radical (unpaired) electrons. The van der Waals surface area contributed by atoms with Crippen molar-refractivity contribution in [3.8, 4) is 11.8 Å². The zero-order valence-corrected chi connectivity index (χ0v) is 11.4. The van der Waals surface area contributed by atoms with Crippen molar-refractivity contribution < 1.29 is 13.2 Å². The SMILES string of the molecule is N#Cc1cnn(-c2ccc(C(F)(F)F)cc2Cl)c1Br. The van der Waals surface area contributed by atoms with Crippen LogP contribution < -0.4 is 0 Å². The third-order valence-electron chi connectivity index (χ3n) is 2.33. The molecule has 0 unspecified atom stereocenters. The van der Waals surface area contributed by atoms with E-state index in [1.54, 1.807) is 0 Å². The van der Waals surface area contributed by atoms with Crippen LogP contribution in [0.15, 0.2) is 29.0 Å². The normalized spacial score (nSPS) is 11.4. The molecule has 0 bridgehead atoms. The Labute approximate surface area is 119 Å². The van der Waals surface area contributed by atoms with Gasteiger partial charge >= 0.3 is 6.18 Å². The lowest BCUT2D eigenvalue weighted by atomic mass is 10.2. The van der Waals surface area contributed by atoms with E-state index in [4.69, 9.17) is 16.9 Å². The maximum atomic E-state index is 12.5. The van der Waals surface area contributed by atoms with Gasteiger partial charge in [0, 0.05) is 0 Å². The topological polar surface area (TPSA) is 41.6 Å². The van der Waals surface area contributed by atoms with Crippen molar-refractivity contribution >= 4 is 27.5 Å². The van der Waals surface area contributed by atoms with Crippen LogP contribution in [-0.2, 0) is 6.18 Å². The highest BCUT2D eigenvalue weighted by Gasteiger charge is 2.31. The summed E-state index contributed by atoms with van der Waals surface area (Å²) in [5.74, 6) is 0. The Kier molecular flexibility index (Phi) is 3.56. The largest absolute Gasteiger partial charge is 0.416 e. The van der Waals surface area contributed by atoms with E-state index in [0.717, 1.165) is 12.1 Å². The summed E-state index contributed by atoms with van der Waals surface area (Å²) < 4.78 is 39.1. The average Bonchev–Trinajstić information content (AvgIpc) is 2.69. The maximum absolute atomic E-state index is 12.5. The van der Waals surface area contributed by atoms with Crippen molar-refractivity contribution in [1.29, 1.82) is 5.26 Å². The molecule has 0 fully saturated rings. The molecular weight excluding hydrogens is 346 g/mol. The van der Waals surface area contributed by atoms with Gasteiger partial charge in [-0.1, -0.05) is 11.6 Å². The van der Waals surface area contributed by atoms with Crippen LogP contribution in [0.5, 0.6) is 0 Å². The molecule has 0 amide bonds. The Balaban J connectivity index is 2.53. The number of halogens is 5. The monoisotopic (exact) mass is 349 g/mol. The van der Waals surface area contributed by atoms with E-state index in [0.29, 0.717) is 4.60 Å². The first kappa shape index (κ1) is 13.9. The fraction of sp³-hybridized carbons (Fsp3) is 0.0909. The molecule has 0 aliphatic carbocycles. The van der Waals surface area contributed by atoms with Crippen LogP contribution in [0, 0.1) is 11.3 Å². The number of hydrogen-bond acceptors (Lipinski definition) is 2. The zero-order chi connectivity index (χ0) is 14.2. The first-order valence-electron chi connectivity index (χ1n) is 4.85. The van der Waals surface area contributed by atoms with Crippen molar-refractivity contribution in [2.24, 2.45) is 0 Å². The second-order valence-electron chi connectivity index (χ2n) is 3.54. The maximum Gasteiger partial charge on any atom is 0.416 e. The van der Waals surface area contributed by atoms with E-state index < -0.39 is 11.7 Å². The predicted molar refractivity (Wildman–Crippen MR) is 66.0 cm³/mol. The van der Waals surface area contributed by atoms with Crippen LogP contribution in [-0.4, -0.2) is 9.78 Å². The van der Waals surface area contributed by atoms with Crippen LogP contribution in [0.1, 0.15) is 11.1 Å². The molecule has 0 aliphatic heterocycles. The molecule has 0 aliphatic rings. The van der Waals surface area contributed by atoms with Crippen LogP contribution in [0.4, 0.5) is 13.2 Å². The molecule has 1 aromatic heterocycles. The molecule has 1 heterocycles. The summed E-state index contributed by atoms with van der Waals surface area (Å²) in [5.41, 5.74) is -0.330. The highest BCUT2D eigenvalue weighted by Crippen LogP contribution is 2.34. The van der Waals surface area contributed by atoms with Gasteiger partial charge in [0.1, 0.15) is 16.2 Å². The third kappa shape index (κ3) is 2.60. The first-order valence-corrected chi connectivity index (χ1v) is 6.02. The van der Waals surface area contributed by atoms with Gasteiger partial charge < -0.3 is 0 Å². The third-order valence-corrected chi connectivity index (χ3v) is 3.40. The van der Waals surface area contributed by atoms with Gasteiger partial charge in [-0.25, -0.2) is 4.68 Å². The van der Waals surface area contributed by atoms with Gasteiger partial charge in [-0.3, -0.25) is 0 Å². The summed E-state index contributed by atoms with van der Waals surface area (Å²) in [6.07, 6.45) is -3.17. The summed E-state index contributed by atoms with van der Waals surface area (Å²) in [7, 11) is 0. The van der Waals surface area contributed by atoms with E-state index in [-0.39, 0.29) is 16.3 Å². The quantitative estimate of drug-likeness (QED) is 0.774. The Bertz CT molecular complexity index is 673. The lowest BCUT2D eigenvalue weighted by Crippen LogP contribution is -2.06. The van der Waals surface area contributed by atoms with Crippen molar-refractivity contribution in [1.82, 2.24) is 9.78 Å². The van der Waals surface area contributed by atoms with Crippen LogP contribution in [0.3, 0.4) is 0 Å². The number of nitriles is 1. The molecule has 0 N–H and O–H groups in total. The van der Waals surface area contributed by atoms with E-state index in [1.165, 1.54) is 16.9 Å². The highest BCUT2D eigenvalue weighted by atomic mass is 79.9. The first-order chi connectivity index (χ1) is 8.84. The van der Waals surface area contributed by atoms with E-state index in [1.807, 2.05) is 6.07 Å². The lowest BCUT2D eigenvalue weighted by Gasteiger charge is -2.10. The van der Waals surface area contributed by atoms with Crippen LogP contribution >= 0.6 is 27.5 Å². The van der Waals surface area contributed by atoms with Crippen molar-refractivity contribution in [3.63, 3.8) is 0 Å². The lowest BCUT2D eigenvalue weighted by molar-refractivity contribution is -0.137. The predicted octanol–water partition coefficient (Wildman–Crippen LogP) is 4.18. The van der Waals surface area contributed by atoms with Gasteiger partial charge in [0.25, 0.3) is 0 Å². The molecule has 0 atom stereocenters. The molecule has 8 heteroatoms. The van der Waals surface area contributed by atoms with Crippen LogP contribution in [0.25, 0.3) is 5.69 Å². The molecule has 0 spiro atoms. The average molecular weight is 351 g/mol. The molecule has 3 nitrogen and oxygen atoms in total. The number of hydrogen-bond donors (Lipinski definition) is 0. The Morgan fingerprint density at radius 1 is 1.37 bits per heavy atom. The summed E-state index contributed by atoms with van der Waals surface area (Å²) in [4.78, 5) is 0. The van der Waals surface area contributed by atoms with Gasteiger partial charge in [-0.15, -0.1) is 0 Å². The Morgan fingerprint density at radius 2 is 2.05 bits per heavy atom. The molecule has 2 aromatic rings. The van der Waals surface area contributed by atoms with Crippen molar-refractivity contribution in [3.05, 3.63) is 45.1 Å². The Hall–Kier alpha value is -1.52. The summed E-state index contributed by atoms with van der Waals surface area (Å²) >= 11 is 8.97. The zero-order valence-electron chi connectivity index (χ0n) is 9.04. The molecule has 1 aromatic carbocycles. The smallest absolute Gasteiger partial charge is 0.224 e. The Morgan fingerprint density at radius 3 is 2.53 bits per heavy atom. The number of alkyl halides is 3. The van der Waals surface area contributed by atoms with Crippen molar-refractivity contribution in [2.45, 2.75) is 6.18 Å². The van der Waals surface area contributed by atoms with Crippen molar-refractivity contribution in [2.75, 3.05) is 0 Å². The summed E-state index contributed by atoms with van der Waals surface area (Å²) in [6, 6.07) is 4.81. The molecular formula is C11H4BrClF3N3. The standard InChI is InChI=1S/C11H4BrClF3N3/c12-10-6(4-17)5-18-19(10)9-2-1-7(3-8(9)13)11(14,15)16/h1-3,5H. The van der Waals surface area contributed by atoms with E-state index >= 15 is 0 Å². The van der Waals surface area contributed by atoms with Gasteiger partial charge in [0.2, 0.25) is 0 Å².